The maximum absolute atomic E-state index is 12.9. The normalized spacial score (nSPS) is 14.3. The molecule has 1 aromatic carbocycles. The van der Waals surface area contributed by atoms with E-state index in [0.717, 1.165) is 44.1 Å². The van der Waals surface area contributed by atoms with E-state index in [-0.39, 0.29) is 12.2 Å². The third-order valence-corrected chi connectivity index (χ3v) is 5.25. The molecule has 1 saturated heterocycles. The summed E-state index contributed by atoms with van der Waals surface area (Å²) in [7, 11) is 0. The minimum atomic E-state index is -4.42. The molecule has 166 valence electrons. The van der Waals surface area contributed by atoms with E-state index in [0.29, 0.717) is 11.4 Å². The summed E-state index contributed by atoms with van der Waals surface area (Å²) in [6.45, 7) is 3.02. The number of alkyl halides is 3. The van der Waals surface area contributed by atoms with Crippen LogP contribution in [-0.4, -0.2) is 42.1 Å². The van der Waals surface area contributed by atoms with Gasteiger partial charge in [-0.1, -0.05) is 24.3 Å². The molecular formula is C23H22F3N5O. The first-order valence-corrected chi connectivity index (χ1v) is 10.2. The van der Waals surface area contributed by atoms with Crippen LogP contribution < -0.4 is 15.1 Å². The van der Waals surface area contributed by atoms with Gasteiger partial charge in [-0.25, -0.2) is 9.97 Å². The highest BCUT2D eigenvalue weighted by molar-refractivity contribution is 5.92. The van der Waals surface area contributed by atoms with Crippen molar-refractivity contribution in [2.45, 2.75) is 12.7 Å². The molecule has 6 nitrogen and oxygen atoms in total. The topological polar surface area (TPSA) is 61.4 Å². The Morgan fingerprint density at radius 2 is 1.59 bits per heavy atom. The molecule has 1 amide bonds. The van der Waals surface area contributed by atoms with Crippen molar-refractivity contribution in [1.82, 2.24) is 15.3 Å². The van der Waals surface area contributed by atoms with Crippen LogP contribution >= 0.6 is 0 Å². The van der Waals surface area contributed by atoms with E-state index in [1.165, 1.54) is 6.07 Å². The minimum absolute atomic E-state index is 0.0165. The molecule has 0 spiro atoms. The number of nitrogens with one attached hydrogen (secondary N) is 1. The van der Waals surface area contributed by atoms with Gasteiger partial charge in [0.1, 0.15) is 17.3 Å². The smallest absolute Gasteiger partial charge is 0.353 e. The van der Waals surface area contributed by atoms with Gasteiger partial charge in [0.05, 0.1) is 5.56 Å². The standard InChI is InChI=1S/C23H22F3N5O/c24-23(25,26)18-6-3-5-17(15-18)16-28-22(32)19-7-4-9-21(29-19)31-13-11-30(12-14-31)20-8-1-2-10-27-20/h1-10,15H,11-14,16H2,(H,28,32). The molecule has 1 fully saturated rings. The number of carbonyl (C=O) groups excluding carboxylic acids is 1. The molecule has 3 aromatic rings. The summed E-state index contributed by atoms with van der Waals surface area (Å²) in [5.41, 5.74) is -0.147. The highest BCUT2D eigenvalue weighted by atomic mass is 19.4. The number of rotatable bonds is 5. The van der Waals surface area contributed by atoms with E-state index < -0.39 is 17.6 Å². The SMILES string of the molecule is O=C(NCc1cccc(C(F)(F)F)c1)c1cccc(N2CCN(c3ccccn3)CC2)n1. The van der Waals surface area contributed by atoms with Gasteiger partial charge in [0, 0.05) is 38.9 Å². The van der Waals surface area contributed by atoms with Crippen molar-refractivity contribution in [2.24, 2.45) is 0 Å². The Morgan fingerprint density at radius 3 is 2.28 bits per heavy atom. The molecule has 1 aliphatic heterocycles. The average Bonchev–Trinajstić information content (AvgIpc) is 2.83. The first-order chi connectivity index (χ1) is 15.4. The summed E-state index contributed by atoms with van der Waals surface area (Å²) in [4.78, 5) is 25.7. The number of hydrogen-bond acceptors (Lipinski definition) is 5. The molecule has 0 unspecified atom stereocenters. The van der Waals surface area contributed by atoms with Gasteiger partial charge in [-0.15, -0.1) is 0 Å². The fourth-order valence-corrected chi connectivity index (χ4v) is 3.56. The Kier molecular flexibility index (Phi) is 6.25. The zero-order chi connectivity index (χ0) is 22.6. The molecule has 2 aromatic heterocycles. The van der Waals surface area contributed by atoms with Crippen molar-refractivity contribution < 1.29 is 18.0 Å². The monoisotopic (exact) mass is 441 g/mol. The molecule has 1 aliphatic rings. The number of aromatic nitrogens is 2. The molecule has 32 heavy (non-hydrogen) atoms. The maximum Gasteiger partial charge on any atom is 0.416 e. The highest BCUT2D eigenvalue weighted by Crippen LogP contribution is 2.29. The zero-order valence-electron chi connectivity index (χ0n) is 17.2. The van der Waals surface area contributed by atoms with Crippen molar-refractivity contribution >= 4 is 17.5 Å². The van der Waals surface area contributed by atoms with E-state index >= 15 is 0 Å². The number of carbonyl (C=O) groups is 1. The molecular weight excluding hydrogens is 419 g/mol. The van der Waals surface area contributed by atoms with E-state index in [1.54, 1.807) is 24.4 Å². The summed E-state index contributed by atoms with van der Waals surface area (Å²) >= 11 is 0. The lowest BCUT2D eigenvalue weighted by molar-refractivity contribution is -0.137. The van der Waals surface area contributed by atoms with Gasteiger partial charge in [-0.3, -0.25) is 4.79 Å². The fourth-order valence-electron chi connectivity index (χ4n) is 3.56. The third-order valence-electron chi connectivity index (χ3n) is 5.25. The number of anilines is 2. The van der Waals surface area contributed by atoms with Crippen molar-refractivity contribution in [3.63, 3.8) is 0 Å². The summed E-state index contributed by atoms with van der Waals surface area (Å²) in [6.07, 6.45) is -2.65. The number of halogens is 3. The molecule has 4 rings (SSSR count). The number of hydrogen-bond donors (Lipinski definition) is 1. The van der Waals surface area contributed by atoms with Crippen LogP contribution in [0.3, 0.4) is 0 Å². The van der Waals surface area contributed by atoms with Gasteiger partial charge >= 0.3 is 6.18 Å². The van der Waals surface area contributed by atoms with Crippen LogP contribution in [0.5, 0.6) is 0 Å². The molecule has 0 atom stereocenters. The summed E-state index contributed by atoms with van der Waals surface area (Å²) in [6, 6.07) is 15.9. The number of nitrogens with zero attached hydrogens (tertiary/aromatic N) is 4. The van der Waals surface area contributed by atoms with Crippen LogP contribution in [0.1, 0.15) is 21.6 Å². The number of pyridine rings is 2. The average molecular weight is 441 g/mol. The van der Waals surface area contributed by atoms with E-state index in [1.807, 2.05) is 24.3 Å². The zero-order valence-corrected chi connectivity index (χ0v) is 17.2. The molecule has 1 N–H and O–H groups in total. The van der Waals surface area contributed by atoms with Gasteiger partial charge in [0.2, 0.25) is 0 Å². The summed E-state index contributed by atoms with van der Waals surface area (Å²) < 4.78 is 38.6. The Hall–Kier alpha value is -3.62. The second-order valence-electron chi connectivity index (χ2n) is 7.42. The second kappa shape index (κ2) is 9.25. The number of piperazine rings is 1. The van der Waals surface area contributed by atoms with Crippen LogP contribution in [-0.2, 0) is 12.7 Å². The van der Waals surface area contributed by atoms with Crippen molar-refractivity contribution in [2.75, 3.05) is 36.0 Å². The van der Waals surface area contributed by atoms with Gasteiger partial charge in [-0.05, 0) is 42.0 Å². The van der Waals surface area contributed by atoms with Crippen molar-refractivity contribution in [1.29, 1.82) is 0 Å². The second-order valence-corrected chi connectivity index (χ2v) is 7.42. The Bertz CT molecular complexity index is 1070. The molecule has 0 saturated carbocycles. The fraction of sp³-hybridized carbons (Fsp3) is 0.261. The molecule has 0 radical (unpaired) electrons. The van der Waals surface area contributed by atoms with Gasteiger partial charge in [-0.2, -0.15) is 13.2 Å². The van der Waals surface area contributed by atoms with Gasteiger partial charge in [0.15, 0.2) is 0 Å². The van der Waals surface area contributed by atoms with Gasteiger partial charge < -0.3 is 15.1 Å². The lowest BCUT2D eigenvalue weighted by Gasteiger charge is -2.36. The lowest BCUT2D eigenvalue weighted by Crippen LogP contribution is -2.47. The van der Waals surface area contributed by atoms with Crippen molar-refractivity contribution in [3.8, 4) is 0 Å². The summed E-state index contributed by atoms with van der Waals surface area (Å²) in [5, 5.41) is 2.65. The van der Waals surface area contributed by atoms with Crippen LogP contribution in [0.25, 0.3) is 0 Å². The molecule has 0 bridgehead atoms. The quantitative estimate of drug-likeness (QED) is 0.654. The van der Waals surface area contributed by atoms with E-state index in [2.05, 4.69) is 25.1 Å². The molecule has 0 aliphatic carbocycles. The highest BCUT2D eigenvalue weighted by Gasteiger charge is 2.30. The van der Waals surface area contributed by atoms with E-state index in [4.69, 9.17) is 0 Å². The Balaban J connectivity index is 1.36. The number of benzene rings is 1. The van der Waals surface area contributed by atoms with Crippen LogP contribution in [0.15, 0.2) is 66.9 Å². The first kappa shape index (κ1) is 21.6. The van der Waals surface area contributed by atoms with Crippen molar-refractivity contribution in [3.05, 3.63) is 83.7 Å². The predicted molar refractivity (Wildman–Crippen MR) is 116 cm³/mol. The lowest BCUT2D eigenvalue weighted by atomic mass is 10.1. The van der Waals surface area contributed by atoms with Crippen LogP contribution in [0, 0.1) is 0 Å². The number of amides is 1. The van der Waals surface area contributed by atoms with Crippen LogP contribution in [0.4, 0.5) is 24.8 Å². The maximum atomic E-state index is 12.9. The largest absolute Gasteiger partial charge is 0.416 e. The van der Waals surface area contributed by atoms with Crippen LogP contribution in [0.2, 0.25) is 0 Å². The summed E-state index contributed by atoms with van der Waals surface area (Å²) in [5.74, 6) is 1.19. The first-order valence-electron chi connectivity index (χ1n) is 10.2. The molecule has 9 heteroatoms. The Morgan fingerprint density at radius 1 is 0.906 bits per heavy atom. The van der Waals surface area contributed by atoms with E-state index in [9.17, 15) is 18.0 Å². The Labute approximate surface area is 183 Å². The minimum Gasteiger partial charge on any atom is -0.353 e. The molecule has 3 heterocycles. The predicted octanol–water partition coefficient (Wildman–Crippen LogP) is 3.75. The third kappa shape index (κ3) is 5.16. The van der Waals surface area contributed by atoms with Gasteiger partial charge in [0.25, 0.3) is 5.91 Å².